The summed E-state index contributed by atoms with van der Waals surface area (Å²) in [6.07, 6.45) is 2.17. The minimum Gasteiger partial charge on any atom is -0.461 e. The Morgan fingerprint density at radius 1 is 1.19 bits per heavy atom. The van der Waals surface area contributed by atoms with E-state index in [4.69, 9.17) is 10.1 Å². The zero-order chi connectivity index (χ0) is 23.8. The van der Waals surface area contributed by atoms with Crippen molar-refractivity contribution in [1.29, 1.82) is 5.41 Å². The van der Waals surface area contributed by atoms with Gasteiger partial charge in [-0.25, -0.2) is 4.79 Å². The number of ether oxygens (including phenoxy) is 1. The van der Waals surface area contributed by atoms with Crippen LogP contribution in [0.5, 0.6) is 0 Å². The third kappa shape index (κ3) is 7.14. The summed E-state index contributed by atoms with van der Waals surface area (Å²) >= 11 is 2.21. The van der Waals surface area contributed by atoms with E-state index >= 15 is 0 Å². The van der Waals surface area contributed by atoms with Gasteiger partial charge in [0.25, 0.3) is 0 Å². The van der Waals surface area contributed by atoms with Gasteiger partial charge in [0.2, 0.25) is 11.8 Å². The first kappa shape index (κ1) is 25.5. The summed E-state index contributed by atoms with van der Waals surface area (Å²) < 4.78 is 6.23. The smallest absolute Gasteiger partial charge is 0.328 e. The summed E-state index contributed by atoms with van der Waals surface area (Å²) in [5, 5.41) is 13.2. The van der Waals surface area contributed by atoms with Crippen LogP contribution in [0.2, 0.25) is 0 Å². The Balaban J connectivity index is 2.23. The van der Waals surface area contributed by atoms with Crippen LogP contribution in [-0.4, -0.2) is 53.0 Å². The lowest BCUT2D eigenvalue weighted by molar-refractivity contribution is -0.151. The molecule has 2 rings (SSSR count). The lowest BCUT2D eigenvalue weighted by atomic mass is 10.0. The molecule has 4 N–H and O–H groups in total. The fraction of sp³-hybridized carbons (Fsp3) is 0.409. The van der Waals surface area contributed by atoms with Gasteiger partial charge in [-0.1, -0.05) is 12.1 Å². The molecule has 0 saturated carbocycles. The average Bonchev–Trinajstić information content (AvgIpc) is 3.13. The van der Waals surface area contributed by atoms with Crippen LogP contribution < -0.4 is 10.6 Å². The number of aromatic amines is 1. The zero-order valence-corrected chi connectivity index (χ0v) is 20.3. The number of Topliss-reactive ketones (excluding diaryl/α,β-unsaturated/α-hetero) is 1. The van der Waals surface area contributed by atoms with E-state index in [0.717, 1.165) is 20.0 Å². The molecule has 172 valence electrons. The van der Waals surface area contributed by atoms with Crippen LogP contribution >= 0.6 is 22.6 Å². The van der Waals surface area contributed by atoms with E-state index in [1.165, 1.54) is 6.92 Å². The van der Waals surface area contributed by atoms with Gasteiger partial charge in [0, 0.05) is 34.9 Å². The summed E-state index contributed by atoms with van der Waals surface area (Å²) in [6, 6.07) is 3.79. The fourth-order valence-electron chi connectivity index (χ4n) is 3.21. The molecule has 0 saturated heterocycles. The predicted molar refractivity (Wildman–Crippen MR) is 129 cm³/mol. The minimum absolute atomic E-state index is 0.0103. The molecule has 1 heterocycles. The Kier molecular flexibility index (Phi) is 9.36. The number of esters is 1. The highest BCUT2D eigenvalue weighted by Crippen LogP contribution is 2.24. The number of hydrogen-bond acceptors (Lipinski definition) is 6. The molecule has 0 spiro atoms. The molecule has 2 atom stereocenters. The molecular weight excluding hydrogens is 527 g/mol. The van der Waals surface area contributed by atoms with Crippen molar-refractivity contribution in [2.45, 2.75) is 58.2 Å². The van der Waals surface area contributed by atoms with Crippen molar-refractivity contribution >= 4 is 63.3 Å². The van der Waals surface area contributed by atoms with Gasteiger partial charge >= 0.3 is 5.97 Å². The Labute approximate surface area is 199 Å². The normalized spacial score (nSPS) is 12.8. The maximum atomic E-state index is 13.0. The van der Waals surface area contributed by atoms with Crippen LogP contribution in [0.15, 0.2) is 24.4 Å². The van der Waals surface area contributed by atoms with E-state index in [1.807, 2.05) is 18.2 Å². The molecule has 2 amide bonds. The minimum atomic E-state index is -1.08. The topological polar surface area (TPSA) is 141 Å². The lowest BCUT2D eigenvalue weighted by Gasteiger charge is -2.23. The molecule has 2 aromatic rings. The number of carbonyl (C=O) groups is 4. The Morgan fingerprint density at radius 2 is 1.91 bits per heavy atom. The number of rotatable bonds is 11. The quantitative estimate of drug-likeness (QED) is 0.192. The van der Waals surface area contributed by atoms with Crippen molar-refractivity contribution < 1.29 is 23.9 Å². The van der Waals surface area contributed by atoms with Crippen LogP contribution in [0.3, 0.4) is 0 Å². The first-order chi connectivity index (χ1) is 15.1. The highest BCUT2D eigenvalue weighted by atomic mass is 127. The van der Waals surface area contributed by atoms with E-state index in [-0.39, 0.29) is 25.2 Å². The number of benzene rings is 1. The molecule has 0 bridgehead atoms. The molecule has 0 aliphatic heterocycles. The molecule has 0 aliphatic carbocycles. The number of hydrogen-bond donors (Lipinski definition) is 4. The number of halogens is 1. The molecule has 0 radical (unpaired) electrons. The average molecular weight is 554 g/mol. The monoisotopic (exact) mass is 554 g/mol. The van der Waals surface area contributed by atoms with E-state index in [0.29, 0.717) is 6.21 Å². The van der Waals surface area contributed by atoms with E-state index in [1.54, 1.807) is 20.0 Å². The summed E-state index contributed by atoms with van der Waals surface area (Å²) in [4.78, 5) is 52.0. The van der Waals surface area contributed by atoms with Crippen molar-refractivity contribution in [3.63, 3.8) is 0 Å². The third-order valence-electron chi connectivity index (χ3n) is 4.66. The van der Waals surface area contributed by atoms with Gasteiger partial charge in [-0.05, 0) is 54.5 Å². The Morgan fingerprint density at radius 3 is 2.53 bits per heavy atom. The number of carbonyl (C=O) groups excluding carboxylic acids is 4. The SMILES string of the molecule is CC(=O)N[C@@H](Cc1c[nH]c2c(I)cccc12)C(=O)N[C@@H](CCC(=O)C=N)C(=O)OC(C)C. The zero-order valence-electron chi connectivity index (χ0n) is 18.2. The highest BCUT2D eigenvalue weighted by molar-refractivity contribution is 14.1. The van der Waals surface area contributed by atoms with Crippen molar-refractivity contribution in [2.24, 2.45) is 0 Å². The highest BCUT2D eigenvalue weighted by Gasteiger charge is 2.28. The largest absolute Gasteiger partial charge is 0.461 e. The van der Waals surface area contributed by atoms with Gasteiger partial charge < -0.3 is 25.8 Å². The van der Waals surface area contributed by atoms with Gasteiger partial charge in [0.05, 0.1) is 17.8 Å². The second-order valence-corrected chi connectivity index (χ2v) is 8.79. The number of nitrogens with one attached hydrogen (secondary N) is 4. The van der Waals surface area contributed by atoms with E-state index < -0.39 is 35.8 Å². The van der Waals surface area contributed by atoms with Crippen LogP contribution in [0, 0.1) is 8.98 Å². The maximum absolute atomic E-state index is 13.0. The van der Waals surface area contributed by atoms with Crippen molar-refractivity contribution in [1.82, 2.24) is 15.6 Å². The van der Waals surface area contributed by atoms with E-state index in [2.05, 4.69) is 38.2 Å². The third-order valence-corrected chi connectivity index (χ3v) is 5.56. The van der Waals surface area contributed by atoms with Gasteiger partial charge in [-0.2, -0.15) is 0 Å². The van der Waals surface area contributed by atoms with Gasteiger partial charge in [0.15, 0.2) is 5.78 Å². The molecule has 10 heteroatoms. The van der Waals surface area contributed by atoms with Crippen LogP contribution in [0.25, 0.3) is 10.9 Å². The van der Waals surface area contributed by atoms with Crippen molar-refractivity contribution in [3.8, 4) is 0 Å². The van der Waals surface area contributed by atoms with Crippen LogP contribution in [0.4, 0.5) is 0 Å². The molecule has 1 aromatic heterocycles. The van der Waals surface area contributed by atoms with Crippen molar-refractivity contribution in [2.75, 3.05) is 0 Å². The predicted octanol–water partition coefficient (Wildman–Crippen LogP) is 2.25. The second-order valence-electron chi connectivity index (χ2n) is 7.63. The van der Waals surface area contributed by atoms with Gasteiger partial charge in [-0.15, -0.1) is 0 Å². The summed E-state index contributed by atoms with van der Waals surface area (Å²) in [5.74, 6) is -2.09. The first-order valence-corrected chi connectivity index (χ1v) is 11.3. The molecule has 0 unspecified atom stereocenters. The standard InChI is InChI=1S/C22H27IN4O5/c1-12(2)32-22(31)18(8-7-15(29)10-24)27-21(30)19(26-13(3)28)9-14-11-25-20-16(14)5-4-6-17(20)23/h4-6,10-12,18-19,24-25H,7-9H2,1-3H3,(H,26,28)(H,27,30)/t18-,19-/m0/s1. The number of fused-ring (bicyclic) bond motifs is 1. The van der Waals surface area contributed by atoms with E-state index in [9.17, 15) is 19.2 Å². The van der Waals surface area contributed by atoms with Gasteiger partial charge in [0.1, 0.15) is 12.1 Å². The number of ketones is 1. The molecule has 1 aromatic carbocycles. The van der Waals surface area contributed by atoms with Crippen molar-refractivity contribution in [3.05, 3.63) is 33.5 Å². The van der Waals surface area contributed by atoms with Crippen LogP contribution in [-0.2, 0) is 30.3 Å². The number of aromatic nitrogens is 1. The number of H-pyrrole nitrogens is 1. The molecule has 0 aliphatic rings. The summed E-state index contributed by atoms with van der Waals surface area (Å²) in [6.45, 7) is 4.67. The number of para-hydroxylation sites is 1. The molecular formula is C22H27IN4O5. The van der Waals surface area contributed by atoms with Gasteiger partial charge in [-0.3, -0.25) is 14.4 Å². The lowest BCUT2D eigenvalue weighted by Crippen LogP contribution is -2.52. The fourth-order valence-corrected chi connectivity index (χ4v) is 3.87. The number of amides is 2. The summed E-state index contributed by atoms with van der Waals surface area (Å²) in [5.41, 5.74) is 1.78. The molecule has 32 heavy (non-hydrogen) atoms. The Bertz CT molecular complexity index is 1020. The molecule has 0 fully saturated rings. The second kappa shape index (κ2) is 11.7. The molecule has 9 nitrogen and oxygen atoms in total. The maximum Gasteiger partial charge on any atom is 0.328 e. The first-order valence-electron chi connectivity index (χ1n) is 10.2. The summed E-state index contributed by atoms with van der Waals surface area (Å²) in [7, 11) is 0. The Hall–Kier alpha value is -2.76. The van der Waals surface area contributed by atoms with Crippen LogP contribution in [0.1, 0.15) is 39.2 Å².